The van der Waals surface area contributed by atoms with Gasteiger partial charge in [0.25, 0.3) is 0 Å². The summed E-state index contributed by atoms with van der Waals surface area (Å²) in [5, 5.41) is 8.35. The summed E-state index contributed by atoms with van der Waals surface area (Å²) in [6.07, 6.45) is 1.38. The zero-order valence-corrected chi connectivity index (χ0v) is 6.58. The van der Waals surface area contributed by atoms with Gasteiger partial charge in [-0.1, -0.05) is 0 Å². The fourth-order valence-corrected chi connectivity index (χ4v) is 0.834. The molecule has 1 aromatic rings. The van der Waals surface area contributed by atoms with Gasteiger partial charge < -0.3 is 4.74 Å². The predicted molar refractivity (Wildman–Crippen MR) is 40.2 cm³/mol. The van der Waals surface area contributed by atoms with Crippen LogP contribution in [0.1, 0.15) is 5.69 Å². The van der Waals surface area contributed by atoms with Gasteiger partial charge in [0.15, 0.2) is 0 Å². The number of hydrogen-bond donors (Lipinski definition) is 0. The topological polar surface area (TPSA) is 45.9 Å². The van der Waals surface area contributed by atoms with Crippen molar-refractivity contribution in [2.75, 3.05) is 0 Å². The summed E-state index contributed by atoms with van der Waals surface area (Å²) in [5.74, 6) is -0.0425. The highest BCUT2D eigenvalue weighted by molar-refractivity contribution is 5.28. The van der Waals surface area contributed by atoms with Crippen LogP contribution in [-0.2, 0) is 6.42 Å². The van der Waals surface area contributed by atoms with Crippen LogP contribution in [-0.4, -0.2) is 11.6 Å². The molecule has 68 valence electrons. The number of pyridine rings is 1. The Kier molecular flexibility index (Phi) is 3.15. The number of alkyl halides is 2. The zero-order valence-electron chi connectivity index (χ0n) is 6.58. The van der Waals surface area contributed by atoms with Crippen molar-refractivity contribution in [3.8, 4) is 11.8 Å². The molecule has 0 atom stereocenters. The molecular weight excluding hydrogens is 178 g/mol. The summed E-state index contributed by atoms with van der Waals surface area (Å²) in [4.78, 5) is 3.74. The number of hydrogen-bond acceptors (Lipinski definition) is 3. The van der Waals surface area contributed by atoms with E-state index in [1.807, 2.05) is 6.07 Å². The first-order valence-electron chi connectivity index (χ1n) is 3.49. The van der Waals surface area contributed by atoms with Gasteiger partial charge in [-0.2, -0.15) is 14.0 Å². The van der Waals surface area contributed by atoms with Gasteiger partial charge in [0.1, 0.15) is 5.75 Å². The average Bonchev–Trinajstić information content (AvgIpc) is 2.08. The highest BCUT2D eigenvalue weighted by Gasteiger charge is 2.09. The van der Waals surface area contributed by atoms with Crippen LogP contribution >= 0.6 is 0 Å². The number of ether oxygens (including phenoxy) is 1. The Bertz CT molecular complexity index is 322. The molecule has 13 heavy (non-hydrogen) atoms. The first-order chi connectivity index (χ1) is 6.24. The Morgan fingerprint density at radius 2 is 2.38 bits per heavy atom. The summed E-state index contributed by atoms with van der Waals surface area (Å²) in [6.45, 7) is -2.89. The van der Waals surface area contributed by atoms with Crippen LogP contribution in [0.3, 0.4) is 0 Å². The second kappa shape index (κ2) is 4.36. The molecule has 0 aliphatic rings. The summed E-state index contributed by atoms with van der Waals surface area (Å²) in [5.41, 5.74) is 0.227. The first kappa shape index (κ1) is 9.39. The van der Waals surface area contributed by atoms with Crippen LogP contribution in [0.25, 0.3) is 0 Å². The predicted octanol–water partition coefficient (Wildman–Crippen LogP) is 1.75. The first-order valence-corrected chi connectivity index (χ1v) is 3.49. The molecule has 1 rings (SSSR count). The number of rotatable bonds is 3. The minimum absolute atomic E-state index is 0.0388. The Morgan fingerprint density at radius 3 is 3.00 bits per heavy atom. The van der Waals surface area contributed by atoms with Crippen LogP contribution in [0.2, 0.25) is 0 Å². The highest BCUT2D eigenvalue weighted by atomic mass is 19.3. The Balaban J connectivity index is 2.85. The van der Waals surface area contributed by atoms with E-state index in [0.29, 0.717) is 0 Å². The third-order valence-corrected chi connectivity index (χ3v) is 1.31. The van der Waals surface area contributed by atoms with Gasteiger partial charge in [-0.25, -0.2) is 0 Å². The second-order valence-electron chi connectivity index (χ2n) is 2.16. The van der Waals surface area contributed by atoms with Crippen molar-refractivity contribution in [3.05, 3.63) is 24.0 Å². The lowest BCUT2D eigenvalue weighted by molar-refractivity contribution is -0.0506. The molecule has 0 radical (unpaired) electrons. The average molecular weight is 184 g/mol. The maximum atomic E-state index is 11.8. The van der Waals surface area contributed by atoms with Crippen molar-refractivity contribution in [2.45, 2.75) is 13.0 Å². The van der Waals surface area contributed by atoms with Crippen molar-refractivity contribution in [1.29, 1.82) is 5.26 Å². The van der Waals surface area contributed by atoms with Gasteiger partial charge in [-0.05, 0) is 12.1 Å². The Morgan fingerprint density at radius 1 is 1.62 bits per heavy atom. The van der Waals surface area contributed by atoms with Crippen molar-refractivity contribution in [3.63, 3.8) is 0 Å². The van der Waals surface area contributed by atoms with E-state index in [9.17, 15) is 8.78 Å². The van der Waals surface area contributed by atoms with Crippen molar-refractivity contribution >= 4 is 0 Å². The molecule has 0 aliphatic heterocycles. The third-order valence-electron chi connectivity index (χ3n) is 1.31. The number of aromatic nitrogens is 1. The lowest BCUT2D eigenvalue weighted by Gasteiger charge is -2.06. The fraction of sp³-hybridized carbons (Fsp3) is 0.250. The third kappa shape index (κ3) is 2.67. The van der Waals surface area contributed by atoms with E-state index in [1.54, 1.807) is 0 Å². The van der Waals surface area contributed by atoms with Crippen LogP contribution in [0.5, 0.6) is 5.75 Å². The van der Waals surface area contributed by atoms with E-state index in [0.717, 1.165) is 0 Å². The van der Waals surface area contributed by atoms with Crippen molar-refractivity contribution in [2.24, 2.45) is 0 Å². The molecule has 1 heterocycles. The molecular formula is C8H6F2N2O. The van der Waals surface area contributed by atoms with Crippen LogP contribution in [0.15, 0.2) is 18.3 Å². The van der Waals surface area contributed by atoms with Crippen molar-refractivity contribution < 1.29 is 13.5 Å². The SMILES string of the molecule is N#CCc1ncccc1OC(F)F. The van der Waals surface area contributed by atoms with Crippen LogP contribution in [0.4, 0.5) is 8.78 Å². The number of nitrogens with zero attached hydrogens (tertiary/aromatic N) is 2. The van der Waals surface area contributed by atoms with Gasteiger partial charge >= 0.3 is 6.61 Å². The maximum absolute atomic E-state index is 11.8. The molecule has 0 aromatic carbocycles. The largest absolute Gasteiger partial charge is 0.433 e. The molecule has 0 N–H and O–H groups in total. The monoisotopic (exact) mass is 184 g/mol. The quantitative estimate of drug-likeness (QED) is 0.718. The minimum Gasteiger partial charge on any atom is -0.433 e. The summed E-state index contributed by atoms with van der Waals surface area (Å²) < 4.78 is 27.8. The van der Waals surface area contributed by atoms with Gasteiger partial charge in [-0.3, -0.25) is 4.98 Å². The van der Waals surface area contributed by atoms with Gasteiger partial charge in [0.05, 0.1) is 18.2 Å². The lowest BCUT2D eigenvalue weighted by atomic mass is 10.2. The lowest BCUT2D eigenvalue weighted by Crippen LogP contribution is -2.05. The van der Waals surface area contributed by atoms with Gasteiger partial charge in [0.2, 0.25) is 0 Å². The molecule has 0 bridgehead atoms. The molecule has 0 amide bonds. The zero-order chi connectivity index (χ0) is 9.68. The van der Waals surface area contributed by atoms with E-state index in [1.165, 1.54) is 18.3 Å². The van der Waals surface area contributed by atoms with Crippen LogP contribution in [0, 0.1) is 11.3 Å². The summed E-state index contributed by atoms with van der Waals surface area (Å²) >= 11 is 0. The second-order valence-corrected chi connectivity index (χ2v) is 2.16. The summed E-state index contributed by atoms with van der Waals surface area (Å²) in [7, 11) is 0. The summed E-state index contributed by atoms with van der Waals surface area (Å²) in [6, 6.07) is 4.63. The molecule has 0 saturated carbocycles. The fourth-order valence-electron chi connectivity index (χ4n) is 0.834. The molecule has 3 nitrogen and oxygen atoms in total. The number of nitriles is 1. The van der Waals surface area contributed by atoms with E-state index in [-0.39, 0.29) is 17.9 Å². The van der Waals surface area contributed by atoms with Gasteiger partial charge in [0, 0.05) is 6.20 Å². The Labute approximate surface area is 73.6 Å². The molecule has 0 unspecified atom stereocenters. The molecule has 1 aromatic heterocycles. The number of halogens is 2. The Hall–Kier alpha value is -1.70. The normalized spacial score (nSPS) is 9.69. The molecule has 0 spiro atoms. The smallest absolute Gasteiger partial charge is 0.387 e. The standard InChI is InChI=1S/C8H6F2N2O/c9-8(10)13-7-2-1-5-12-6(7)3-4-11/h1-2,5,8H,3H2. The molecule has 0 fully saturated rings. The van der Waals surface area contributed by atoms with E-state index in [4.69, 9.17) is 5.26 Å². The minimum atomic E-state index is -2.89. The van der Waals surface area contributed by atoms with E-state index >= 15 is 0 Å². The van der Waals surface area contributed by atoms with E-state index < -0.39 is 6.61 Å². The maximum Gasteiger partial charge on any atom is 0.387 e. The molecule has 0 aliphatic carbocycles. The van der Waals surface area contributed by atoms with Crippen LogP contribution < -0.4 is 4.74 Å². The highest BCUT2D eigenvalue weighted by Crippen LogP contribution is 2.17. The van der Waals surface area contributed by atoms with Crippen molar-refractivity contribution in [1.82, 2.24) is 4.98 Å². The van der Waals surface area contributed by atoms with E-state index in [2.05, 4.69) is 9.72 Å². The van der Waals surface area contributed by atoms with Gasteiger partial charge in [-0.15, -0.1) is 0 Å². The molecule has 5 heteroatoms. The molecule has 0 saturated heterocycles.